The molecule has 0 fully saturated rings. The van der Waals surface area contributed by atoms with Gasteiger partial charge in [0.25, 0.3) is 0 Å². The van der Waals surface area contributed by atoms with Gasteiger partial charge >= 0.3 is 0 Å². The molecule has 0 N–H and O–H groups in total. The van der Waals surface area contributed by atoms with E-state index in [1.165, 1.54) is 4.90 Å². The molecule has 0 radical (unpaired) electrons. The van der Waals surface area contributed by atoms with Gasteiger partial charge < -0.3 is 4.90 Å². The molecule has 0 saturated heterocycles. The molecule has 0 rings (SSSR count). The highest BCUT2D eigenvalue weighted by Gasteiger charge is 2.00. The Kier molecular flexibility index (Phi) is 4.69. The van der Waals surface area contributed by atoms with Gasteiger partial charge in [-0.15, -0.1) is 0 Å². The second-order valence-corrected chi connectivity index (χ2v) is 2.51. The first kappa shape index (κ1) is 10.6. The van der Waals surface area contributed by atoms with Crippen molar-refractivity contribution in [1.82, 2.24) is 4.90 Å². The van der Waals surface area contributed by atoms with Gasteiger partial charge in [-0.25, -0.2) is 0 Å². The molecule has 0 bridgehead atoms. The third-order valence-electron chi connectivity index (χ3n) is 1.53. The van der Waals surface area contributed by atoms with E-state index in [0.29, 0.717) is 6.54 Å². The van der Waals surface area contributed by atoms with Crippen LogP contribution < -0.4 is 0 Å². The smallest absolute Gasteiger partial charge is 0.209 e. The molecule has 0 aromatic carbocycles. The lowest BCUT2D eigenvalue weighted by Crippen LogP contribution is -2.18. The minimum Gasteiger partial charge on any atom is -0.342 e. The summed E-state index contributed by atoms with van der Waals surface area (Å²) in [6, 6.07) is 0. The Morgan fingerprint density at radius 3 is 2.58 bits per heavy atom. The zero-order chi connectivity index (χ0) is 9.56. The molecular formula is C9H14N2O. The van der Waals surface area contributed by atoms with Crippen molar-refractivity contribution < 1.29 is 4.79 Å². The predicted octanol–water partition coefficient (Wildman–Crippen LogP) is 1.24. The Labute approximate surface area is 73.1 Å². The van der Waals surface area contributed by atoms with E-state index >= 15 is 0 Å². The topological polar surface area (TPSA) is 32.7 Å². The van der Waals surface area contributed by atoms with Crippen molar-refractivity contribution in [1.29, 1.82) is 0 Å². The predicted molar refractivity (Wildman–Crippen MR) is 51.1 cm³/mol. The molecule has 0 spiro atoms. The third kappa shape index (κ3) is 3.14. The number of hydrogen-bond donors (Lipinski definition) is 0. The van der Waals surface area contributed by atoms with E-state index in [-0.39, 0.29) is 0 Å². The highest BCUT2D eigenvalue weighted by atomic mass is 16.1. The maximum absolute atomic E-state index is 10.3. The largest absolute Gasteiger partial charge is 0.342 e. The number of carbonyl (C=O) groups excluding carboxylic acids is 1. The van der Waals surface area contributed by atoms with Gasteiger partial charge in [0.15, 0.2) is 0 Å². The summed E-state index contributed by atoms with van der Waals surface area (Å²) in [4.78, 5) is 15.6. The van der Waals surface area contributed by atoms with Gasteiger partial charge in [-0.3, -0.25) is 9.79 Å². The Hall–Kier alpha value is -1.38. The average Bonchev–Trinajstić information content (AvgIpc) is 2.12. The molecule has 0 aromatic rings. The van der Waals surface area contributed by atoms with E-state index in [1.807, 2.05) is 6.92 Å². The number of amides is 1. The number of aliphatic imine (C=N–C) groups is 1. The highest BCUT2D eigenvalue weighted by Crippen LogP contribution is 2.06. The summed E-state index contributed by atoms with van der Waals surface area (Å²) in [5, 5.41) is 0. The van der Waals surface area contributed by atoms with Crippen LogP contribution in [0, 0.1) is 0 Å². The molecule has 1 amide bonds. The summed E-state index contributed by atoms with van der Waals surface area (Å²) in [5.41, 5.74) is 1.72. The molecule has 3 nitrogen and oxygen atoms in total. The summed E-state index contributed by atoms with van der Waals surface area (Å²) < 4.78 is 0. The van der Waals surface area contributed by atoms with Crippen LogP contribution in [0.1, 0.15) is 6.92 Å². The second kappa shape index (κ2) is 5.29. The number of likely N-dealkylation sites (N-methyl/N-ethyl adjacent to an activating group) is 1. The van der Waals surface area contributed by atoms with E-state index in [0.717, 1.165) is 17.7 Å². The van der Waals surface area contributed by atoms with E-state index in [4.69, 9.17) is 0 Å². The molecule has 0 aliphatic carbocycles. The molecule has 0 unspecified atom stereocenters. The van der Waals surface area contributed by atoms with Crippen molar-refractivity contribution in [2.45, 2.75) is 6.92 Å². The van der Waals surface area contributed by atoms with Crippen molar-refractivity contribution in [3.63, 3.8) is 0 Å². The normalized spacial score (nSPS) is 11.5. The number of carbonyl (C=O) groups is 1. The molecule has 66 valence electrons. The van der Waals surface area contributed by atoms with Gasteiger partial charge in [-0.1, -0.05) is 12.7 Å². The molecular weight excluding hydrogens is 152 g/mol. The van der Waals surface area contributed by atoms with Gasteiger partial charge in [0, 0.05) is 7.05 Å². The average molecular weight is 166 g/mol. The van der Waals surface area contributed by atoms with Crippen LogP contribution in [-0.2, 0) is 4.79 Å². The summed E-state index contributed by atoms with van der Waals surface area (Å²) in [6.45, 7) is 9.39. The van der Waals surface area contributed by atoms with Gasteiger partial charge in [0.05, 0.1) is 12.2 Å². The maximum Gasteiger partial charge on any atom is 0.209 e. The van der Waals surface area contributed by atoms with E-state index < -0.39 is 0 Å². The molecule has 0 aliphatic rings. The quantitative estimate of drug-likeness (QED) is 0.343. The fraction of sp³-hybridized carbons (Fsp3) is 0.333. The first-order valence-electron chi connectivity index (χ1n) is 3.60. The van der Waals surface area contributed by atoms with Crippen molar-refractivity contribution in [3.05, 3.63) is 23.9 Å². The Balaban J connectivity index is 4.46. The molecule has 0 atom stereocenters. The summed E-state index contributed by atoms with van der Waals surface area (Å²) in [5.74, 6) is 0. The monoisotopic (exact) mass is 166 g/mol. The minimum atomic E-state index is 0.477. The molecule has 0 aromatic heterocycles. The standard InChI is InChI=1S/C9H14N2O/c1-5-8(2)9(10-3)6-11(4)7-12/h5,7H,1,3,6H2,2,4H3/b9-8-. The number of rotatable bonds is 5. The van der Waals surface area contributed by atoms with Crippen LogP contribution in [0.5, 0.6) is 0 Å². The van der Waals surface area contributed by atoms with Crippen molar-refractivity contribution >= 4 is 13.1 Å². The Morgan fingerprint density at radius 2 is 2.25 bits per heavy atom. The Bertz CT molecular complexity index is 219. The second-order valence-electron chi connectivity index (χ2n) is 2.51. The fourth-order valence-corrected chi connectivity index (χ4v) is 0.691. The first-order valence-corrected chi connectivity index (χ1v) is 3.60. The van der Waals surface area contributed by atoms with E-state index in [9.17, 15) is 4.79 Å². The van der Waals surface area contributed by atoms with Crippen LogP contribution in [-0.4, -0.2) is 31.6 Å². The van der Waals surface area contributed by atoms with Crippen LogP contribution in [0.15, 0.2) is 28.9 Å². The molecule has 0 aliphatic heterocycles. The first-order chi connectivity index (χ1) is 5.65. The van der Waals surface area contributed by atoms with Crippen molar-refractivity contribution in [2.75, 3.05) is 13.6 Å². The lowest BCUT2D eigenvalue weighted by atomic mass is 10.2. The number of nitrogens with zero attached hydrogens (tertiary/aromatic N) is 2. The molecule has 0 saturated carbocycles. The zero-order valence-electron chi connectivity index (χ0n) is 7.58. The van der Waals surface area contributed by atoms with Gasteiger partial charge in [-0.2, -0.15) is 0 Å². The highest BCUT2D eigenvalue weighted by molar-refractivity contribution is 5.48. The van der Waals surface area contributed by atoms with Gasteiger partial charge in [-0.05, 0) is 19.2 Å². The summed E-state index contributed by atoms with van der Waals surface area (Å²) >= 11 is 0. The van der Waals surface area contributed by atoms with Crippen molar-refractivity contribution in [2.24, 2.45) is 4.99 Å². The Morgan fingerprint density at radius 1 is 1.67 bits per heavy atom. The third-order valence-corrected chi connectivity index (χ3v) is 1.53. The van der Waals surface area contributed by atoms with E-state index in [1.54, 1.807) is 13.1 Å². The molecule has 0 heterocycles. The molecule has 12 heavy (non-hydrogen) atoms. The number of allylic oxidation sites excluding steroid dienone is 2. The van der Waals surface area contributed by atoms with E-state index in [2.05, 4.69) is 18.3 Å². The lowest BCUT2D eigenvalue weighted by molar-refractivity contribution is -0.116. The van der Waals surface area contributed by atoms with Crippen LogP contribution in [0.2, 0.25) is 0 Å². The molecule has 3 heteroatoms. The summed E-state index contributed by atoms with van der Waals surface area (Å²) in [7, 11) is 1.69. The maximum atomic E-state index is 10.3. The number of hydrogen-bond acceptors (Lipinski definition) is 2. The van der Waals surface area contributed by atoms with Crippen LogP contribution in [0.3, 0.4) is 0 Å². The zero-order valence-corrected chi connectivity index (χ0v) is 7.58. The minimum absolute atomic E-state index is 0.477. The fourth-order valence-electron chi connectivity index (χ4n) is 0.691. The van der Waals surface area contributed by atoms with Crippen molar-refractivity contribution in [3.8, 4) is 0 Å². The van der Waals surface area contributed by atoms with Crippen LogP contribution in [0.25, 0.3) is 0 Å². The van der Waals surface area contributed by atoms with Crippen LogP contribution >= 0.6 is 0 Å². The van der Waals surface area contributed by atoms with Gasteiger partial charge in [0.1, 0.15) is 0 Å². The van der Waals surface area contributed by atoms with Crippen LogP contribution in [0.4, 0.5) is 0 Å². The summed E-state index contributed by atoms with van der Waals surface area (Å²) in [6.07, 6.45) is 2.45. The SMILES string of the molecule is C=C/C(C)=C(/CN(C)C=O)N=C. The van der Waals surface area contributed by atoms with Gasteiger partial charge in [0.2, 0.25) is 6.41 Å². The lowest BCUT2D eigenvalue weighted by Gasteiger charge is -2.11.